The van der Waals surface area contributed by atoms with Gasteiger partial charge in [-0.05, 0) is 5.56 Å². The van der Waals surface area contributed by atoms with Crippen molar-refractivity contribution in [2.75, 3.05) is 19.8 Å². The standard InChI is InChI=1S/C16H20N2O3/c19-7-6-15-8-14(18-21-15)9-16(11-20-12-16)17-10-13-4-2-1-3-5-13/h1-5,8,17,19H,6-7,9-12H2. The SMILES string of the molecule is OCCc1cc(CC2(NCc3ccccc3)COC2)no1. The van der Waals surface area contributed by atoms with E-state index in [9.17, 15) is 0 Å². The summed E-state index contributed by atoms with van der Waals surface area (Å²) in [7, 11) is 0. The third kappa shape index (κ3) is 3.50. The van der Waals surface area contributed by atoms with Crippen molar-refractivity contribution in [1.82, 2.24) is 10.5 Å². The molecule has 3 rings (SSSR count). The molecule has 0 atom stereocenters. The van der Waals surface area contributed by atoms with Crippen molar-refractivity contribution in [2.45, 2.75) is 24.9 Å². The van der Waals surface area contributed by atoms with Gasteiger partial charge in [0.15, 0.2) is 0 Å². The van der Waals surface area contributed by atoms with Crippen LogP contribution in [-0.2, 0) is 24.1 Å². The number of nitrogens with zero attached hydrogens (tertiary/aromatic N) is 1. The Balaban J connectivity index is 1.60. The van der Waals surface area contributed by atoms with Crippen molar-refractivity contribution < 1.29 is 14.4 Å². The molecule has 0 radical (unpaired) electrons. The second kappa shape index (κ2) is 6.39. The first-order valence-electron chi connectivity index (χ1n) is 7.22. The molecule has 2 N–H and O–H groups in total. The molecule has 5 nitrogen and oxygen atoms in total. The summed E-state index contributed by atoms with van der Waals surface area (Å²) < 4.78 is 10.6. The van der Waals surface area contributed by atoms with E-state index in [1.165, 1.54) is 5.56 Å². The van der Waals surface area contributed by atoms with Crippen LogP contribution in [0.2, 0.25) is 0 Å². The highest BCUT2D eigenvalue weighted by atomic mass is 16.5. The number of aliphatic hydroxyl groups excluding tert-OH is 1. The first kappa shape index (κ1) is 14.3. The van der Waals surface area contributed by atoms with E-state index in [0.29, 0.717) is 19.6 Å². The van der Waals surface area contributed by atoms with Gasteiger partial charge in [0.25, 0.3) is 0 Å². The molecular weight excluding hydrogens is 268 g/mol. The largest absolute Gasteiger partial charge is 0.396 e. The molecule has 21 heavy (non-hydrogen) atoms. The minimum Gasteiger partial charge on any atom is -0.396 e. The summed E-state index contributed by atoms with van der Waals surface area (Å²) in [5.41, 5.74) is 2.09. The summed E-state index contributed by atoms with van der Waals surface area (Å²) >= 11 is 0. The summed E-state index contributed by atoms with van der Waals surface area (Å²) in [5, 5.41) is 16.6. The fraction of sp³-hybridized carbons (Fsp3) is 0.438. The van der Waals surface area contributed by atoms with Crippen molar-refractivity contribution in [3.05, 3.63) is 53.4 Å². The topological polar surface area (TPSA) is 67.5 Å². The molecule has 1 aliphatic heterocycles. The van der Waals surface area contributed by atoms with Crippen LogP contribution in [0.25, 0.3) is 0 Å². The maximum Gasteiger partial charge on any atom is 0.139 e. The number of aromatic nitrogens is 1. The summed E-state index contributed by atoms with van der Waals surface area (Å²) in [6.45, 7) is 2.25. The molecule has 5 heteroatoms. The Kier molecular flexibility index (Phi) is 4.34. The van der Waals surface area contributed by atoms with Crippen LogP contribution in [0.15, 0.2) is 40.9 Å². The minimum absolute atomic E-state index is 0.0663. The van der Waals surface area contributed by atoms with E-state index in [-0.39, 0.29) is 12.1 Å². The zero-order valence-electron chi connectivity index (χ0n) is 11.9. The van der Waals surface area contributed by atoms with Gasteiger partial charge in [-0.15, -0.1) is 0 Å². The molecule has 1 aliphatic rings. The molecule has 0 saturated carbocycles. The second-order valence-electron chi connectivity index (χ2n) is 5.55. The van der Waals surface area contributed by atoms with Crippen molar-refractivity contribution in [3.63, 3.8) is 0 Å². The first-order valence-corrected chi connectivity index (χ1v) is 7.22. The Bertz CT molecular complexity index is 564. The third-order valence-electron chi connectivity index (χ3n) is 3.75. The third-order valence-corrected chi connectivity index (χ3v) is 3.75. The molecule has 1 aromatic heterocycles. The molecule has 1 saturated heterocycles. The maximum absolute atomic E-state index is 8.91. The number of ether oxygens (including phenoxy) is 1. The normalized spacial score (nSPS) is 16.6. The van der Waals surface area contributed by atoms with Crippen LogP contribution in [0, 0.1) is 0 Å². The lowest BCUT2D eigenvalue weighted by Gasteiger charge is -2.42. The summed E-state index contributed by atoms with van der Waals surface area (Å²) in [6.07, 6.45) is 1.28. The van der Waals surface area contributed by atoms with Gasteiger partial charge in [-0.25, -0.2) is 0 Å². The van der Waals surface area contributed by atoms with Crippen LogP contribution in [0.1, 0.15) is 17.0 Å². The lowest BCUT2D eigenvalue weighted by Crippen LogP contribution is -2.61. The molecule has 2 aromatic rings. The summed E-state index contributed by atoms with van der Waals surface area (Å²) in [4.78, 5) is 0. The molecule has 1 aromatic carbocycles. The van der Waals surface area contributed by atoms with E-state index in [0.717, 1.165) is 24.4 Å². The number of hydrogen-bond acceptors (Lipinski definition) is 5. The number of benzene rings is 1. The monoisotopic (exact) mass is 288 g/mol. The van der Waals surface area contributed by atoms with E-state index in [4.69, 9.17) is 14.4 Å². The molecule has 0 aliphatic carbocycles. The highest BCUT2D eigenvalue weighted by Gasteiger charge is 2.39. The lowest BCUT2D eigenvalue weighted by molar-refractivity contribution is -0.0755. The Morgan fingerprint density at radius 3 is 2.71 bits per heavy atom. The van der Waals surface area contributed by atoms with Gasteiger partial charge in [0.05, 0.1) is 31.1 Å². The van der Waals surface area contributed by atoms with E-state index in [1.54, 1.807) is 0 Å². The molecular formula is C16H20N2O3. The number of rotatable bonds is 7. The van der Waals surface area contributed by atoms with Gasteiger partial charge in [0.2, 0.25) is 0 Å². The highest BCUT2D eigenvalue weighted by Crippen LogP contribution is 2.23. The molecule has 0 spiro atoms. The quantitative estimate of drug-likeness (QED) is 0.804. The van der Waals surface area contributed by atoms with Crippen molar-refractivity contribution in [1.29, 1.82) is 0 Å². The summed E-state index contributed by atoms with van der Waals surface area (Å²) in [6, 6.07) is 12.2. The Labute approximate surface area is 123 Å². The van der Waals surface area contributed by atoms with Crippen molar-refractivity contribution in [3.8, 4) is 0 Å². The average molecular weight is 288 g/mol. The zero-order chi connectivity index (χ0) is 14.5. The average Bonchev–Trinajstić information content (AvgIpc) is 2.90. The summed E-state index contributed by atoms with van der Waals surface area (Å²) in [5.74, 6) is 0.728. The van der Waals surface area contributed by atoms with Gasteiger partial charge >= 0.3 is 0 Å². The molecule has 2 heterocycles. The van der Waals surface area contributed by atoms with Crippen LogP contribution >= 0.6 is 0 Å². The van der Waals surface area contributed by atoms with Crippen LogP contribution in [-0.4, -0.2) is 35.6 Å². The number of aliphatic hydroxyl groups is 1. The van der Waals surface area contributed by atoms with Gasteiger partial charge in [-0.3, -0.25) is 0 Å². The zero-order valence-corrected chi connectivity index (χ0v) is 11.9. The fourth-order valence-electron chi connectivity index (χ4n) is 2.51. The molecule has 1 fully saturated rings. The highest BCUT2D eigenvalue weighted by molar-refractivity contribution is 5.17. The van der Waals surface area contributed by atoms with Gasteiger partial charge < -0.3 is 19.7 Å². The Hall–Kier alpha value is -1.69. The number of nitrogens with one attached hydrogen (secondary N) is 1. The Morgan fingerprint density at radius 2 is 2.05 bits per heavy atom. The van der Waals surface area contributed by atoms with Gasteiger partial charge in [0, 0.05) is 25.5 Å². The van der Waals surface area contributed by atoms with Gasteiger partial charge in [0.1, 0.15) is 5.76 Å². The van der Waals surface area contributed by atoms with E-state index < -0.39 is 0 Å². The molecule has 0 amide bonds. The molecule has 112 valence electrons. The van der Waals surface area contributed by atoms with Gasteiger partial charge in [-0.1, -0.05) is 35.5 Å². The molecule has 0 bridgehead atoms. The van der Waals surface area contributed by atoms with Crippen LogP contribution in [0.3, 0.4) is 0 Å². The van der Waals surface area contributed by atoms with Gasteiger partial charge in [-0.2, -0.15) is 0 Å². The lowest BCUT2D eigenvalue weighted by atomic mass is 9.90. The molecule has 0 unspecified atom stereocenters. The maximum atomic E-state index is 8.91. The first-order chi connectivity index (χ1) is 10.3. The van der Waals surface area contributed by atoms with Crippen molar-refractivity contribution in [2.24, 2.45) is 0 Å². The Morgan fingerprint density at radius 1 is 1.24 bits per heavy atom. The van der Waals surface area contributed by atoms with Crippen LogP contribution in [0.4, 0.5) is 0 Å². The van der Waals surface area contributed by atoms with Crippen LogP contribution < -0.4 is 5.32 Å². The second-order valence-corrected chi connectivity index (χ2v) is 5.55. The predicted molar refractivity (Wildman–Crippen MR) is 77.8 cm³/mol. The van der Waals surface area contributed by atoms with E-state index >= 15 is 0 Å². The fourth-order valence-corrected chi connectivity index (χ4v) is 2.51. The van der Waals surface area contributed by atoms with Crippen molar-refractivity contribution >= 4 is 0 Å². The minimum atomic E-state index is -0.0663. The van der Waals surface area contributed by atoms with E-state index in [2.05, 4.69) is 22.6 Å². The smallest absolute Gasteiger partial charge is 0.139 e. The van der Waals surface area contributed by atoms with Crippen LogP contribution in [0.5, 0.6) is 0 Å². The van der Waals surface area contributed by atoms with E-state index in [1.807, 2.05) is 24.3 Å². The predicted octanol–water partition coefficient (Wildman–Crippen LogP) is 1.31. The number of hydrogen-bond donors (Lipinski definition) is 2.